The van der Waals surface area contributed by atoms with E-state index in [1.165, 1.54) is 101 Å². The van der Waals surface area contributed by atoms with Gasteiger partial charge in [0.15, 0.2) is 10.9 Å². The Morgan fingerprint density at radius 2 is 0.707 bits per heavy atom. The second-order valence-corrected chi connectivity index (χ2v) is 31.1. The van der Waals surface area contributed by atoms with Gasteiger partial charge in [-0.15, -0.1) is 90.4 Å². The first-order chi connectivity index (χ1) is 62.5. The van der Waals surface area contributed by atoms with Crippen LogP contribution in [0.5, 0.6) is 34.5 Å². The van der Waals surface area contributed by atoms with Crippen LogP contribution in [0.2, 0.25) is 0 Å². The standard InChI is InChI=1S/C34H25F8N3O3S.C31H32F6N2O4.C27H21BrF6N4O3/c1-31(35,36)23-11-5-10-22(16-23)28-20-49-30(43-28)44-29(46)45-32(19-21-8-3-2-4-9-21,24-12-6-14-26(17-24)47-33(37,38)39)25-13-7-15-27(18-25)48-34(40,41)42;1-22(40)11-5-2-3-8-18-38-28(41)39-29(21-23-12-6-4-7-13-23,24-14-9-16-26(19-24)42-30(32,33)34)25-15-10-17-27(20-25)43-31(35,36)37;1-38-16-22(28)23(37-38)35-24(39)36-25(15-17-7-3-2-4-8-17,18-9-5-11-20(13-18)40-26(29,30)31)19-10-6-12-21(14-19)41-27(32,33)34/h2-18,20H,19H2,1H3,(H2,43,44,45,46);4,6-7,9-10,12-17,19-20,40H,1-3,5,8,11,18,21H2,(H2,38,39,41);2-14,16H,15H2,1H3,(H2,35,36,37,39). The predicted octanol–water partition coefficient (Wildman–Crippen LogP) is 25.6. The number of halogens is 21. The van der Waals surface area contributed by atoms with Crippen molar-refractivity contribution in [3.05, 3.63) is 345 Å². The summed E-state index contributed by atoms with van der Waals surface area (Å²) in [7, 11) is 1.62. The highest BCUT2D eigenvalue weighted by Gasteiger charge is 2.45. The van der Waals surface area contributed by atoms with Crippen LogP contribution in [-0.4, -0.2) is 82.7 Å². The van der Waals surface area contributed by atoms with E-state index in [1.54, 1.807) is 110 Å². The van der Waals surface area contributed by atoms with Gasteiger partial charge in [0, 0.05) is 68.9 Å². The molecule has 2 aromatic heterocycles. The molecule has 0 aliphatic heterocycles. The van der Waals surface area contributed by atoms with Crippen LogP contribution in [0.25, 0.3) is 11.3 Å². The number of ether oxygens (including phenoxy) is 6. The Bertz CT molecular complexity index is 5700. The lowest BCUT2D eigenvalue weighted by Gasteiger charge is -2.37. The number of carbonyl (C=O) groups is 3. The first-order valence-electron chi connectivity index (χ1n) is 39.5. The summed E-state index contributed by atoms with van der Waals surface area (Å²) in [5, 5.41) is 31.1. The summed E-state index contributed by atoms with van der Waals surface area (Å²) >= 11 is 4.24. The molecule has 7 N–H and O–H groups in total. The van der Waals surface area contributed by atoms with Crippen molar-refractivity contribution in [1.82, 2.24) is 36.0 Å². The summed E-state index contributed by atoms with van der Waals surface area (Å²) in [6.45, 7) is 4.44. The number of hydrogen-bond donors (Lipinski definition) is 7. The van der Waals surface area contributed by atoms with Gasteiger partial charge in [-0.25, -0.2) is 28.1 Å². The maximum atomic E-state index is 13.9. The van der Waals surface area contributed by atoms with E-state index in [2.05, 4.69) is 92.9 Å². The number of hydrogen-bond acceptors (Lipinski definition) is 13. The summed E-state index contributed by atoms with van der Waals surface area (Å²) in [6.07, 6.45) is -25.6. The van der Waals surface area contributed by atoms with E-state index in [4.69, 9.17) is 0 Å². The zero-order valence-corrected chi connectivity index (χ0v) is 71.8. The molecule has 0 unspecified atom stereocenters. The molecule has 704 valence electrons. The third kappa shape index (κ3) is 31.5. The van der Waals surface area contributed by atoms with Crippen LogP contribution >= 0.6 is 27.3 Å². The molecule has 0 aliphatic carbocycles. The molecule has 0 saturated carbocycles. The second-order valence-electron chi connectivity index (χ2n) is 29.4. The molecule has 0 aliphatic rings. The fourth-order valence-electron chi connectivity index (χ4n) is 14.0. The van der Waals surface area contributed by atoms with Crippen LogP contribution in [0.15, 0.2) is 289 Å². The molecule has 41 heteroatoms. The third-order valence-corrected chi connectivity index (χ3v) is 20.7. The van der Waals surface area contributed by atoms with Gasteiger partial charge in [0.1, 0.15) is 34.5 Å². The molecule has 10 aromatic carbocycles. The number of urea groups is 3. The lowest BCUT2D eigenvalue weighted by molar-refractivity contribution is -0.275. The van der Waals surface area contributed by atoms with E-state index < -0.39 is 113 Å². The molecule has 0 bridgehead atoms. The molecular weight excluding hydrogens is 1880 g/mol. The average molecular weight is 1960 g/mol. The SMILES string of the molecule is C=C(O)CCCCCCNC(=O)NC(Cc1ccccc1)(c1cccc(OC(F)(F)F)c1)c1cccc(OC(F)(F)F)c1.CC(F)(F)c1cccc(-c2csc(NC(=O)NC(Cc3ccccc3)(c3cccc(OC(F)(F)F)c3)c3cccc(OC(F)(F)F)c3)n2)c1.Cn1cc(Br)c(NC(=O)NC(Cc2ccccc2)(c2cccc(OC(F)(F)F)c2)c2cccc(OC(F)(F)F)c2)n1. The van der Waals surface area contributed by atoms with Gasteiger partial charge in [-0.1, -0.05) is 201 Å². The number of amides is 6. The number of benzene rings is 10. The Morgan fingerprint density at radius 1 is 0.398 bits per heavy atom. The van der Waals surface area contributed by atoms with Gasteiger partial charge >= 0.3 is 56.3 Å². The number of anilines is 2. The lowest BCUT2D eigenvalue weighted by Crippen LogP contribution is -2.52. The van der Waals surface area contributed by atoms with Crippen molar-refractivity contribution in [3.8, 4) is 45.8 Å². The van der Waals surface area contributed by atoms with Crippen molar-refractivity contribution in [3.63, 3.8) is 0 Å². The lowest BCUT2D eigenvalue weighted by atomic mass is 9.77. The quantitative estimate of drug-likeness (QED) is 0.0119. The molecular formula is C92H78BrF20N9O10S. The van der Waals surface area contributed by atoms with Gasteiger partial charge in [0.05, 0.1) is 32.5 Å². The van der Waals surface area contributed by atoms with Gasteiger partial charge in [-0.3, -0.25) is 15.3 Å². The van der Waals surface area contributed by atoms with E-state index in [9.17, 15) is 107 Å². The maximum absolute atomic E-state index is 13.9. The largest absolute Gasteiger partial charge is 0.573 e. The van der Waals surface area contributed by atoms with E-state index >= 15 is 0 Å². The number of nitrogens with one attached hydrogen (secondary N) is 6. The first kappa shape index (κ1) is 101. The van der Waals surface area contributed by atoms with E-state index in [0.29, 0.717) is 39.6 Å². The maximum Gasteiger partial charge on any atom is 0.573 e. The van der Waals surface area contributed by atoms with Crippen molar-refractivity contribution in [2.45, 2.75) is 119 Å². The van der Waals surface area contributed by atoms with E-state index in [-0.39, 0.29) is 87.2 Å². The normalized spacial score (nSPS) is 12.1. The van der Waals surface area contributed by atoms with Gasteiger partial charge in [-0.2, -0.15) is 5.10 Å². The summed E-state index contributed by atoms with van der Waals surface area (Å²) in [5.74, 6) is -6.50. The summed E-state index contributed by atoms with van der Waals surface area (Å²) in [5.41, 5.74) is -2.58. The number of rotatable bonds is 32. The monoisotopic (exact) mass is 1960 g/mol. The van der Waals surface area contributed by atoms with Crippen LogP contribution in [0.4, 0.5) is 113 Å². The summed E-state index contributed by atoms with van der Waals surface area (Å²) in [4.78, 5) is 44.8. The fourth-order valence-corrected chi connectivity index (χ4v) is 15.2. The van der Waals surface area contributed by atoms with Crippen LogP contribution in [0.1, 0.15) is 94.7 Å². The average Bonchev–Trinajstić information content (AvgIpc) is 0.915. The molecule has 12 rings (SSSR count). The number of aryl methyl sites for hydroxylation is 1. The Morgan fingerprint density at radius 3 is 1.02 bits per heavy atom. The minimum Gasteiger partial charge on any atom is -0.513 e. The van der Waals surface area contributed by atoms with Crippen LogP contribution < -0.4 is 60.3 Å². The molecule has 0 fully saturated rings. The number of unbranched alkanes of at least 4 members (excludes halogenated alkanes) is 3. The van der Waals surface area contributed by atoms with Crippen molar-refractivity contribution < 1.29 is 136 Å². The van der Waals surface area contributed by atoms with Crippen molar-refractivity contribution in [2.75, 3.05) is 17.2 Å². The highest BCUT2D eigenvalue weighted by atomic mass is 79.9. The van der Waals surface area contributed by atoms with Crippen LogP contribution in [0.3, 0.4) is 0 Å². The molecule has 6 amide bonds. The number of nitrogens with zero attached hydrogens (tertiary/aromatic N) is 3. The van der Waals surface area contributed by atoms with Crippen molar-refractivity contribution in [1.29, 1.82) is 0 Å². The summed E-state index contributed by atoms with van der Waals surface area (Å²) in [6, 6.07) is 57.5. The first-order valence-corrected chi connectivity index (χ1v) is 41.2. The van der Waals surface area contributed by atoms with Gasteiger partial charge in [-0.05, 0) is 158 Å². The van der Waals surface area contributed by atoms with Gasteiger partial charge in [0.2, 0.25) is 0 Å². The molecule has 0 saturated heterocycles. The number of thiazole rings is 1. The summed E-state index contributed by atoms with van der Waals surface area (Å²) < 4.78 is 291. The predicted molar refractivity (Wildman–Crippen MR) is 455 cm³/mol. The number of carbonyl (C=O) groups excluding carboxylic acids is 3. The van der Waals surface area contributed by atoms with Crippen LogP contribution in [0, 0.1) is 0 Å². The zero-order chi connectivity index (χ0) is 96.8. The number of aliphatic hydroxyl groups is 1. The van der Waals surface area contributed by atoms with Gasteiger partial charge < -0.3 is 54.8 Å². The molecule has 0 atom stereocenters. The third-order valence-electron chi connectivity index (χ3n) is 19.4. The topological polar surface area (TPSA) is 230 Å². The minimum absolute atomic E-state index is 0.0227. The Hall–Kier alpha value is -13.7. The molecule has 133 heavy (non-hydrogen) atoms. The molecule has 0 spiro atoms. The Labute approximate surface area is 758 Å². The van der Waals surface area contributed by atoms with Gasteiger partial charge in [0.25, 0.3) is 5.92 Å². The van der Waals surface area contributed by atoms with Crippen LogP contribution in [-0.2, 0) is 48.8 Å². The van der Waals surface area contributed by atoms with Crippen molar-refractivity contribution >= 4 is 56.3 Å². The smallest absolute Gasteiger partial charge is 0.513 e. The Kier molecular flexibility index (Phi) is 33.2. The Balaban J connectivity index is 0.000000208. The second kappa shape index (κ2) is 43.5. The van der Waals surface area contributed by atoms with Crippen molar-refractivity contribution in [2.24, 2.45) is 7.05 Å². The number of aromatic nitrogens is 3. The number of allylic oxidation sites excluding steroid dienone is 1. The highest BCUT2D eigenvalue weighted by molar-refractivity contribution is 9.10. The molecule has 0 radical (unpaired) electrons. The molecule has 19 nitrogen and oxygen atoms in total. The fraction of sp³-hybridized carbons (Fsp3) is 0.228. The van der Waals surface area contributed by atoms with E-state index in [1.807, 2.05) is 0 Å². The number of aliphatic hydroxyl groups excluding tert-OH is 1. The zero-order valence-electron chi connectivity index (χ0n) is 69.4. The minimum atomic E-state index is -5.07. The molecule has 12 aromatic rings. The molecule has 2 heterocycles. The highest BCUT2D eigenvalue weighted by Crippen LogP contribution is 2.44. The number of alkyl halides is 20. The van der Waals surface area contributed by atoms with E-state index in [0.717, 1.165) is 110 Å².